The van der Waals surface area contributed by atoms with Gasteiger partial charge in [0.25, 0.3) is 0 Å². The Balaban J connectivity index is 1.50. The summed E-state index contributed by atoms with van der Waals surface area (Å²) in [5.74, 6) is 0.824. The first-order chi connectivity index (χ1) is 12.2. The molecule has 0 aliphatic heterocycles. The lowest BCUT2D eigenvalue weighted by Gasteiger charge is -2.08. The highest BCUT2D eigenvalue weighted by Gasteiger charge is 2.08. The van der Waals surface area contributed by atoms with E-state index in [-0.39, 0.29) is 5.91 Å². The van der Waals surface area contributed by atoms with Crippen LogP contribution in [0.5, 0.6) is 0 Å². The Morgan fingerprint density at radius 1 is 1.20 bits per heavy atom. The number of hydrogen-bond acceptors (Lipinski definition) is 5. The summed E-state index contributed by atoms with van der Waals surface area (Å²) >= 11 is 1.69. The van der Waals surface area contributed by atoms with Crippen LogP contribution in [0.15, 0.2) is 36.7 Å². The number of fused-ring (bicyclic) bond motifs is 1. The number of aromatic nitrogens is 2. The van der Waals surface area contributed by atoms with E-state index in [0.29, 0.717) is 19.5 Å². The number of carbonyl (C=O) groups excluding carboxylic acids is 1. The van der Waals surface area contributed by atoms with Gasteiger partial charge in [0.1, 0.15) is 17.0 Å². The molecule has 2 N–H and O–H groups in total. The van der Waals surface area contributed by atoms with Crippen LogP contribution in [0.2, 0.25) is 0 Å². The zero-order valence-corrected chi connectivity index (χ0v) is 15.3. The highest BCUT2D eigenvalue weighted by atomic mass is 32.1. The first-order valence-corrected chi connectivity index (χ1v) is 9.27. The SMILES string of the molecule is CCc1cc2c(NCCC(=O)NCc3ccc(C)cc3)ncnc2s1. The molecule has 0 unspecified atom stereocenters. The number of nitrogens with zero attached hydrogens (tertiary/aromatic N) is 2. The van der Waals surface area contributed by atoms with Crippen LogP contribution in [0, 0.1) is 6.92 Å². The summed E-state index contributed by atoms with van der Waals surface area (Å²) in [6, 6.07) is 10.3. The van der Waals surface area contributed by atoms with Crippen LogP contribution in [0.1, 0.15) is 29.3 Å². The number of carbonyl (C=O) groups is 1. The molecule has 6 heteroatoms. The van der Waals surface area contributed by atoms with E-state index in [1.54, 1.807) is 17.7 Å². The summed E-state index contributed by atoms with van der Waals surface area (Å²) in [5, 5.41) is 7.23. The molecule has 2 heterocycles. The minimum atomic E-state index is 0.0259. The Kier molecular flexibility index (Phi) is 5.60. The molecule has 25 heavy (non-hydrogen) atoms. The highest BCUT2D eigenvalue weighted by Crippen LogP contribution is 2.28. The molecular formula is C19H22N4OS. The predicted octanol–water partition coefficient (Wildman–Crippen LogP) is 3.68. The summed E-state index contributed by atoms with van der Waals surface area (Å²) in [5.41, 5.74) is 2.32. The predicted molar refractivity (Wildman–Crippen MR) is 103 cm³/mol. The molecule has 5 nitrogen and oxygen atoms in total. The molecule has 130 valence electrons. The summed E-state index contributed by atoms with van der Waals surface area (Å²) in [4.78, 5) is 22.9. The van der Waals surface area contributed by atoms with E-state index in [0.717, 1.165) is 28.0 Å². The van der Waals surface area contributed by atoms with Crippen LogP contribution in [0.4, 0.5) is 5.82 Å². The maximum Gasteiger partial charge on any atom is 0.222 e. The van der Waals surface area contributed by atoms with Gasteiger partial charge in [0.15, 0.2) is 0 Å². The van der Waals surface area contributed by atoms with Crippen LogP contribution in [-0.4, -0.2) is 22.4 Å². The van der Waals surface area contributed by atoms with Gasteiger partial charge >= 0.3 is 0 Å². The van der Waals surface area contributed by atoms with Gasteiger partial charge in [0, 0.05) is 24.4 Å². The summed E-state index contributed by atoms with van der Waals surface area (Å²) in [7, 11) is 0. The normalized spacial score (nSPS) is 10.8. The van der Waals surface area contributed by atoms with Crippen LogP contribution < -0.4 is 10.6 Å². The van der Waals surface area contributed by atoms with E-state index in [2.05, 4.69) is 52.6 Å². The lowest BCUT2D eigenvalue weighted by molar-refractivity contribution is -0.121. The third-order valence-corrected chi connectivity index (χ3v) is 5.17. The lowest BCUT2D eigenvalue weighted by Crippen LogP contribution is -2.25. The Morgan fingerprint density at radius 2 is 2.00 bits per heavy atom. The number of nitrogens with one attached hydrogen (secondary N) is 2. The number of amides is 1. The minimum Gasteiger partial charge on any atom is -0.369 e. The molecule has 0 fully saturated rings. The topological polar surface area (TPSA) is 66.9 Å². The third-order valence-electron chi connectivity index (χ3n) is 3.98. The molecule has 1 amide bonds. The number of thiophene rings is 1. The van der Waals surface area contributed by atoms with Crippen molar-refractivity contribution in [2.24, 2.45) is 0 Å². The maximum absolute atomic E-state index is 12.0. The molecule has 0 spiro atoms. The first kappa shape index (κ1) is 17.4. The zero-order valence-electron chi connectivity index (χ0n) is 14.5. The number of aryl methyl sites for hydroxylation is 2. The van der Waals surface area contributed by atoms with Crippen molar-refractivity contribution in [2.45, 2.75) is 33.2 Å². The molecule has 1 aromatic carbocycles. The monoisotopic (exact) mass is 354 g/mol. The lowest BCUT2D eigenvalue weighted by atomic mass is 10.1. The second kappa shape index (κ2) is 8.07. The van der Waals surface area contributed by atoms with Gasteiger partial charge in [-0.1, -0.05) is 36.8 Å². The third kappa shape index (κ3) is 4.54. The van der Waals surface area contributed by atoms with Gasteiger partial charge in [0.05, 0.1) is 5.39 Å². The molecular weight excluding hydrogens is 332 g/mol. The van der Waals surface area contributed by atoms with E-state index in [4.69, 9.17) is 0 Å². The van der Waals surface area contributed by atoms with E-state index in [9.17, 15) is 4.79 Å². The van der Waals surface area contributed by atoms with Gasteiger partial charge < -0.3 is 10.6 Å². The fraction of sp³-hybridized carbons (Fsp3) is 0.316. The number of rotatable bonds is 7. The second-order valence-electron chi connectivity index (χ2n) is 5.95. The second-order valence-corrected chi connectivity index (χ2v) is 7.06. The zero-order chi connectivity index (χ0) is 17.6. The van der Waals surface area contributed by atoms with Crippen LogP contribution in [0.25, 0.3) is 10.2 Å². The molecule has 0 radical (unpaired) electrons. The average molecular weight is 354 g/mol. The molecule has 0 saturated carbocycles. The van der Waals surface area contributed by atoms with Crippen LogP contribution in [0.3, 0.4) is 0 Å². The standard InChI is InChI=1S/C19H22N4OS/c1-3-15-10-16-18(22-12-23-19(16)25-15)20-9-8-17(24)21-11-14-6-4-13(2)5-7-14/h4-7,10,12H,3,8-9,11H2,1-2H3,(H,21,24)(H,20,22,23). The first-order valence-electron chi connectivity index (χ1n) is 8.45. The van der Waals surface area contributed by atoms with Gasteiger partial charge in [-0.25, -0.2) is 9.97 Å². The van der Waals surface area contributed by atoms with Crippen LogP contribution >= 0.6 is 11.3 Å². The van der Waals surface area contributed by atoms with Gasteiger partial charge in [-0.15, -0.1) is 11.3 Å². The van der Waals surface area contributed by atoms with Crippen molar-refractivity contribution in [2.75, 3.05) is 11.9 Å². The maximum atomic E-state index is 12.0. The number of hydrogen-bond donors (Lipinski definition) is 2. The van der Waals surface area contributed by atoms with Crippen molar-refractivity contribution < 1.29 is 4.79 Å². The van der Waals surface area contributed by atoms with Gasteiger partial charge in [0.2, 0.25) is 5.91 Å². The Hall–Kier alpha value is -2.47. The highest BCUT2D eigenvalue weighted by molar-refractivity contribution is 7.18. The Labute approximate surface area is 151 Å². The molecule has 0 bridgehead atoms. The number of benzene rings is 1. The fourth-order valence-electron chi connectivity index (χ4n) is 2.51. The fourth-order valence-corrected chi connectivity index (χ4v) is 3.44. The van der Waals surface area contributed by atoms with Crippen molar-refractivity contribution in [1.29, 1.82) is 0 Å². The summed E-state index contributed by atoms with van der Waals surface area (Å²) < 4.78 is 0. The van der Waals surface area contributed by atoms with Gasteiger partial charge in [-0.3, -0.25) is 4.79 Å². The average Bonchev–Trinajstić information content (AvgIpc) is 3.05. The van der Waals surface area contributed by atoms with Gasteiger partial charge in [-0.2, -0.15) is 0 Å². The van der Waals surface area contributed by atoms with Crippen molar-refractivity contribution in [3.8, 4) is 0 Å². The molecule has 0 aliphatic carbocycles. The summed E-state index contributed by atoms with van der Waals surface area (Å²) in [6.07, 6.45) is 2.96. The summed E-state index contributed by atoms with van der Waals surface area (Å²) in [6.45, 7) is 5.28. The van der Waals surface area contributed by atoms with E-state index in [1.165, 1.54) is 10.4 Å². The number of anilines is 1. The molecule has 3 aromatic rings. The van der Waals surface area contributed by atoms with Gasteiger partial charge in [-0.05, 0) is 25.0 Å². The Morgan fingerprint density at radius 3 is 2.76 bits per heavy atom. The molecule has 0 atom stereocenters. The van der Waals surface area contributed by atoms with Crippen LogP contribution in [-0.2, 0) is 17.8 Å². The molecule has 3 rings (SSSR count). The molecule has 0 saturated heterocycles. The molecule has 0 aliphatic rings. The van der Waals surface area contributed by atoms with Crippen molar-refractivity contribution in [3.05, 3.63) is 52.7 Å². The van der Waals surface area contributed by atoms with Crippen molar-refractivity contribution in [3.63, 3.8) is 0 Å². The van der Waals surface area contributed by atoms with E-state index >= 15 is 0 Å². The Bertz CT molecular complexity index is 857. The van der Waals surface area contributed by atoms with E-state index < -0.39 is 0 Å². The quantitative estimate of drug-likeness (QED) is 0.679. The minimum absolute atomic E-state index is 0.0259. The smallest absolute Gasteiger partial charge is 0.222 e. The van der Waals surface area contributed by atoms with Crippen molar-refractivity contribution in [1.82, 2.24) is 15.3 Å². The molecule has 2 aromatic heterocycles. The largest absolute Gasteiger partial charge is 0.369 e. The van der Waals surface area contributed by atoms with E-state index in [1.807, 2.05) is 12.1 Å². The van der Waals surface area contributed by atoms with Crippen molar-refractivity contribution >= 4 is 33.3 Å².